The molecule has 6 heteroatoms. The zero-order valence-electron chi connectivity index (χ0n) is 16.0. The number of benzene rings is 1. The average molecular weight is 400 g/mol. The van der Waals surface area contributed by atoms with Crippen molar-refractivity contribution in [3.63, 3.8) is 0 Å². The van der Waals surface area contributed by atoms with Crippen molar-refractivity contribution in [3.8, 4) is 10.4 Å². The van der Waals surface area contributed by atoms with Gasteiger partial charge in [-0.15, -0.1) is 11.3 Å². The number of aromatic carboxylic acids is 1. The minimum absolute atomic E-state index is 0.000403. The van der Waals surface area contributed by atoms with Crippen molar-refractivity contribution >= 4 is 28.9 Å². The van der Waals surface area contributed by atoms with Crippen molar-refractivity contribution in [1.29, 1.82) is 0 Å². The summed E-state index contributed by atoms with van der Waals surface area (Å²) in [6.07, 6.45) is 3.25. The lowest BCUT2D eigenvalue weighted by Crippen LogP contribution is -2.49. The fourth-order valence-corrected chi connectivity index (χ4v) is 5.19. The van der Waals surface area contributed by atoms with Crippen LogP contribution in [0.15, 0.2) is 36.4 Å². The summed E-state index contributed by atoms with van der Waals surface area (Å²) in [6.45, 7) is 3.37. The highest BCUT2D eigenvalue weighted by Crippen LogP contribution is 2.42. The monoisotopic (exact) mass is 399 g/mol. The number of rotatable bonds is 5. The fraction of sp³-hybridized carbons (Fsp3) is 0.455. The van der Waals surface area contributed by atoms with Gasteiger partial charge in [-0.25, -0.2) is 4.79 Å². The average Bonchev–Trinajstić information content (AvgIpc) is 3.12. The van der Waals surface area contributed by atoms with Crippen LogP contribution >= 0.6 is 11.3 Å². The fourth-order valence-electron chi connectivity index (χ4n) is 4.20. The van der Waals surface area contributed by atoms with E-state index in [1.54, 1.807) is 4.90 Å². The summed E-state index contributed by atoms with van der Waals surface area (Å²) in [6, 6.07) is 11.6. The second-order valence-electron chi connectivity index (χ2n) is 7.82. The van der Waals surface area contributed by atoms with E-state index >= 15 is 0 Å². The maximum absolute atomic E-state index is 13.4. The number of carbonyl (C=O) groups excluding carboxylic acids is 1. The molecular weight excluding hydrogens is 374 g/mol. The number of carboxylic acid groups (broad SMARTS) is 1. The van der Waals surface area contributed by atoms with Crippen LogP contribution in [0.4, 0.5) is 5.69 Å². The normalized spacial score (nSPS) is 22.5. The van der Waals surface area contributed by atoms with Gasteiger partial charge in [0.15, 0.2) is 0 Å². The van der Waals surface area contributed by atoms with Crippen LogP contribution in [0.2, 0.25) is 0 Å². The Morgan fingerprint density at radius 2 is 1.82 bits per heavy atom. The molecule has 1 aromatic heterocycles. The lowest BCUT2D eigenvalue weighted by atomic mass is 9.75. The molecule has 5 nitrogen and oxygen atoms in total. The third-order valence-electron chi connectivity index (χ3n) is 5.74. The predicted octanol–water partition coefficient (Wildman–Crippen LogP) is 4.67. The summed E-state index contributed by atoms with van der Waals surface area (Å²) >= 11 is 1.24. The van der Waals surface area contributed by atoms with Gasteiger partial charge in [0, 0.05) is 30.1 Å². The second kappa shape index (κ2) is 8.05. The molecule has 2 aromatic rings. The van der Waals surface area contributed by atoms with Crippen LogP contribution in [0.25, 0.3) is 10.4 Å². The van der Waals surface area contributed by atoms with Gasteiger partial charge >= 0.3 is 5.97 Å². The first kappa shape index (κ1) is 19.2. The molecule has 2 aliphatic rings. The number of nitrogens with zero attached hydrogens (tertiary/aromatic N) is 1. The van der Waals surface area contributed by atoms with Crippen molar-refractivity contribution in [1.82, 2.24) is 0 Å². The number of ether oxygens (including phenoxy) is 1. The summed E-state index contributed by atoms with van der Waals surface area (Å²) in [5.41, 5.74) is 1.52. The molecule has 2 heterocycles. The van der Waals surface area contributed by atoms with E-state index in [1.807, 2.05) is 36.4 Å². The van der Waals surface area contributed by atoms with Crippen LogP contribution in [0.1, 0.15) is 42.3 Å². The SMILES string of the molecule is CC1CC(C(=O)N(c2cc(-c3ccccc3)sc2C(=O)O)C2CCOCC2)C1. The Hall–Kier alpha value is -2.18. The van der Waals surface area contributed by atoms with Crippen LogP contribution in [0.3, 0.4) is 0 Å². The van der Waals surface area contributed by atoms with Crippen molar-refractivity contribution in [2.45, 2.75) is 38.6 Å². The Balaban J connectivity index is 1.75. The van der Waals surface area contributed by atoms with Crippen LogP contribution in [-0.2, 0) is 9.53 Å². The zero-order valence-corrected chi connectivity index (χ0v) is 16.8. The van der Waals surface area contributed by atoms with Gasteiger partial charge in [-0.05, 0) is 43.2 Å². The summed E-state index contributed by atoms with van der Waals surface area (Å²) in [5.74, 6) is -0.342. The highest BCUT2D eigenvalue weighted by Gasteiger charge is 2.39. The van der Waals surface area contributed by atoms with Crippen LogP contribution < -0.4 is 4.90 Å². The highest BCUT2D eigenvalue weighted by atomic mass is 32.1. The molecule has 0 radical (unpaired) electrons. The molecule has 1 saturated carbocycles. The molecule has 1 aliphatic carbocycles. The molecule has 4 rings (SSSR count). The molecule has 1 saturated heterocycles. The van der Waals surface area contributed by atoms with Crippen molar-refractivity contribution in [3.05, 3.63) is 41.3 Å². The number of hydrogen-bond acceptors (Lipinski definition) is 4. The van der Waals surface area contributed by atoms with Crippen molar-refractivity contribution < 1.29 is 19.4 Å². The molecular formula is C22H25NO4S. The maximum Gasteiger partial charge on any atom is 0.348 e. The third kappa shape index (κ3) is 3.71. The molecule has 148 valence electrons. The van der Waals surface area contributed by atoms with Gasteiger partial charge in [-0.2, -0.15) is 0 Å². The maximum atomic E-state index is 13.4. The van der Waals surface area contributed by atoms with Gasteiger partial charge < -0.3 is 14.7 Å². The number of hydrogen-bond donors (Lipinski definition) is 1. The lowest BCUT2D eigenvalue weighted by Gasteiger charge is -2.40. The summed E-state index contributed by atoms with van der Waals surface area (Å²) in [7, 11) is 0. The smallest absolute Gasteiger partial charge is 0.348 e. The van der Waals surface area contributed by atoms with Gasteiger partial charge in [-0.1, -0.05) is 37.3 Å². The molecule has 28 heavy (non-hydrogen) atoms. The van der Waals surface area contributed by atoms with E-state index in [0.29, 0.717) is 24.8 Å². The Labute approximate surface area is 168 Å². The Bertz CT molecular complexity index is 851. The number of carbonyl (C=O) groups is 2. The molecule has 0 atom stereocenters. The van der Waals surface area contributed by atoms with Crippen molar-refractivity contribution in [2.24, 2.45) is 11.8 Å². The van der Waals surface area contributed by atoms with E-state index in [1.165, 1.54) is 11.3 Å². The van der Waals surface area contributed by atoms with E-state index < -0.39 is 5.97 Å². The molecule has 0 unspecified atom stereocenters. The molecule has 1 N–H and O–H groups in total. The first-order valence-electron chi connectivity index (χ1n) is 9.88. The van der Waals surface area contributed by atoms with Crippen LogP contribution in [0.5, 0.6) is 0 Å². The largest absolute Gasteiger partial charge is 0.477 e. The van der Waals surface area contributed by atoms with E-state index in [-0.39, 0.29) is 22.7 Å². The zero-order chi connectivity index (χ0) is 19.7. The predicted molar refractivity (Wildman–Crippen MR) is 110 cm³/mol. The van der Waals surface area contributed by atoms with Gasteiger partial charge in [0.25, 0.3) is 0 Å². The lowest BCUT2D eigenvalue weighted by molar-refractivity contribution is -0.127. The molecule has 1 amide bonds. The number of amides is 1. The first-order chi connectivity index (χ1) is 13.5. The van der Waals surface area contributed by atoms with E-state index in [2.05, 4.69) is 6.92 Å². The number of anilines is 1. The minimum atomic E-state index is -0.978. The van der Waals surface area contributed by atoms with E-state index in [9.17, 15) is 14.7 Å². The minimum Gasteiger partial charge on any atom is -0.477 e. The summed E-state index contributed by atoms with van der Waals surface area (Å²) < 4.78 is 5.48. The molecule has 1 aliphatic heterocycles. The first-order valence-corrected chi connectivity index (χ1v) is 10.7. The quantitative estimate of drug-likeness (QED) is 0.793. The highest BCUT2D eigenvalue weighted by molar-refractivity contribution is 7.18. The third-order valence-corrected chi connectivity index (χ3v) is 6.90. The van der Waals surface area contributed by atoms with Crippen LogP contribution in [-0.4, -0.2) is 36.2 Å². The molecule has 0 bridgehead atoms. The second-order valence-corrected chi connectivity index (χ2v) is 8.87. The Morgan fingerprint density at radius 1 is 1.14 bits per heavy atom. The van der Waals surface area contributed by atoms with Crippen LogP contribution in [0, 0.1) is 11.8 Å². The molecule has 0 spiro atoms. The topological polar surface area (TPSA) is 66.8 Å². The Kier molecular flexibility index (Phi) is 5.51. The van der Waals surface area contributed by atoms with Gasteiger partial charge in [0.05, 0.1) is 5.69 Å². The van der Waals surface area contributed by atoms with Gasteiger partial charge in [0.1, 0.15) is 4.88 Å². The standard InChI is InChI=1S/C22H25NO4S/c1-14-11-16(12-14)21(24)23(17-7-9-27-10-8-17)18-13-19(28-20(18)22(25)26)15-5-3-2-4-6-15/h2-6,13-14,16-17H,7-12H2,1H3,(H,25,26). The van der Waals surface area contributed by atoms with E-state index in [4.69, 9.17) is 4.74 Å². The Morgan fingerprint density at radius 3 is 2.43 bits per heavy atom. The summed E-state index contributed by atoms with van der Waals surface area (Å²) in [4.78, 5) is 28.3. The summed E-state index contributed by atoms with van der Waals surface area (Å²) in [5, 5.41) is 9.85. The van der Waals surface area contributed by atoms with Gasteiger partial charge in [-0.3, -0.25) is 4.79 Å². The molecule has 2 fully saturated rings. The van der Waals surface area contributed by atoms with Gasteiger partial charge in [0.2, 0.25) is 5.91 Å². The van der Waals surface area contributed by atoms with E-state index in [0.717, 1.165) is 36.1 Å². The van der Waals surface area contributed by atoms with Crippen molar-refractivity contribution in [2.75, 3.05) is 18.1 Å². The number of thiophene rings is 1. The molecule has 1 aromatic carbocycles. The number of carboxylic acids is 1.